The maximum absolute atomic E-state index is 7.07. The number of nitrogens with zero attached hydrogens (tertiary/aromatic N) is 4. The van der Waals surface area contributed by atoms with Gasteiger partial charge in [0, 0.05) is 55.6 Å². The summed E-state index contributed by atoms with van der Waals surface area (Å²) in [5.41, 5.74) is 30.7. The van der Waals surface area contributed by atoms with Crippen LogP contribution in [0.2, 0.25) is 0 Å². The SMILES string of the molecule is c1ccc(-c2cc(-c3ccc(-c4cccc(-c5cccc6c5-c5ccccc5C65c6ccccc6Oc6ccc(-c7ccccc7-c7nc(-c8ccccc8)cc(-c8ccc9ccccc9c8)n7)cc65)c4)cc3)nc(-c3ccccc3-c3ccc4c(c3)C3(c5ccccc5O4)c4ccccc4-c4ccccc43)n2)cc1. The van der Waals surface area contributed by atoms with Gasteiger partial charge in [0.2, 0.25) is 0 Å². The summed E-state index contributed by atoms with van der Waals surface area (Å²) in [4.78, 5) is 21.8. The predicted molar refractivity (Wildman–Crippen MR) is 444 cm³/mol. The molecule has 0 amide bonds. The Morgan fingerprint density at radius 2 is 0.518 bits per heavy atom. The van der Waals surface area contributed by atoms with Crippen LogP contribution in [0, 0.1) is 0 Å². The summed E-state index contributed by atoms with van der Waals surface area (Å²) in [6.07, 6.45) is 0. The summed E-state index contributed by atoms with van der Waals surface area (Å²) in [7, 11) is 0. The minimum Gasteiger partial charge on any atom is -0.457 e. The molecule has 0 fully saturated rings. The van der Waals surface area contributed by atoms with Crippen molar-refractivity contribution < 1.29 is 9.47 Å². The van der Waals surface area contributed by atoms with Crippen molar-refractivity contribution in [1.82, 2.24) is 19.9 Å². The van der Waals surface area contributed by atoms with E-state index in [0.29, 0.717) is 11.6 Å². The van der Waals surface area contributed by atoms with Crippen LogP contribution in [0.3, 0.4) is 0 Å². The number of hydrogen-bond acceptors (Lipinski definition) is 6. The molecule has 4 heterocycles. The first-order chi connectivity index (χ1) is 54.5. The first-order valence-corrected chi connectivity index (χ1v) is 37.6. The molecule has 6 heteroatoms. The zero-order valence-electron chi connectivity index (χ0n) is 59.6. The van der Waals surface area contributed by atoms with Gasteiger partial charge in [0.1, 0.15) is 23.0 Å². The Morgan fingerprint density at radius 3 is 1.07 bits per heavy atom. The summed E-state index contributed by atoms with van der Waals surface area (Å²) in [5, 5.41) is 2.34. The van der Waals surface area contributed by atoms with Crippen molar-refractivity contribution >= 4 is 10.8 Å². The number of rotatable bonds is 10. The molecule has 16 aromatic carbocycles. The molecule has 2 spiro atoms. The van der Waals surface area contributed by atoms with Gasteiger partial charge in [0.05, 0.1) is 33.6 Å². The minimum atomic E-state index is -0.760. The van der Waals surface area contributed by atoms with Crippen molar-refractivity contribution in [1.29, 1.82) is 0 Å². The molecule has 1 unspecified atom stereocenters. The molecule has 2 aromatic heterocycles. The summed E-state index contributed by atoms with van der Waals surface area (Å²) in [6.45, 7) is 0. The van der Waals surface area contributed by atoms with Crippen molar-refractivity contribution in [2.45, 2.75) is 10.8 Å². The van der Waals surface area contributed by atoms with Crippen molar-refractivity contribution in [3.63, 3.8) is 0 Å². The van der Waals surface area contributed by atoms with E-state index in [2.05, 4.69) is 382 Å². The van der Waals surface area contributed by atoms with E-state index in [9.17, 15) is 0 Å². The van der Waals surface area contributed by atoms with E-state index in [4.69, 9.17) is 29.4 Å². The Bertz CT molecular complexity index is 6760. The Kier molecular flexibility index (Phi) is 14.3. The quantitative estimate of drug-likeness (QED) is 0.136. The maximum Gasteiger partial charge on any atom is 0.161 e. The number of aromatic nitrogens is 4. The molecule has 6 nitrogen and oxygen atoms in total. The van der Waals surface area contributed by atoms with Crippen LogP contribution in [0.1, 0.15) is 44.5 Å². The molecular weight excluding hydrogens is 1340 g/mol. The number of hydrogen-bond donors (Lipinski definition) is 0. The molecule has 2 aliphatic carbocycles. The van der Waals surface area contributed by atoms with Gasteiger partial charge < -0.3 is 9.47 Å². The van der Waals surface area contributed by atoms with Gasteiger partial charge >= 0.3 is 0 Å². The van der Waals surface area contributed by atoms with Crippen LogP contribution in [0.25, 0.3) is 145 Å². The fourth-order valence-electron chi connectivity index (χ4n) is 18.2. The largest absolute Gasteiger partial charge is 0.457 e. The van der Waals surface area contributed by atoms with Crippen LogP contribution >= 0.6 is 0 Å². The van der Waals surface area contributed by atoms with Gasteiger partial charge in [-0.1, -0.05) is 328 Å². The van der Waals surface area contributed by atoms with Gasteiger partial charge in [0.25, 0.3) is 0 Å². The van der Waals surface area contributed by atoms with E-state index in [-0.39, 0.29) is 0 Å². The standard InChI is InChI=1S/C104H64N4O2/c1-3-26-67(27-4-1)92-63-94(107-101(105-92)81-37-11-9-33-76(81)73-55-57-98-90(61-73)103(87-44-19-21-47-96(87)109-98)84-41-16-13-35-79(84)80-36-14-17-42-85(80)103)69-52-49-66(50-53-69)71-31-23-32-72(59-71)78-40-24-46-89-100(78)83-39-15-18-43-86(83)104(89)88-45-20-22-48-97(88)110-99-58-56-74(62-91(99)104)77-34-10-12-38-82(77)102-106-93(68-28-5-2-6-29-68)64-95(108-102)75-54-51-65-25-7-8-30-70(65)60-75/h1-64H. The fraction of sp³-hybridized carbons (Fsp3) is 0.0192. The summed E-state index contributed by atoms with van der Waals surface area (Å²) >= 11 is 0. The molecule has 2 aliphatic heterocycles. The molecule has 4 aliphatic rings. The first kappa shape index (κ1) is 62.9. The summed E-state index contributed by atoms with van der Waals surface area (Å²) in [6, 6.07) is 139. The Labute approximate surface area is 637 Å². The fourth-order valence-corrected chi connectivity index (χ4v) is 18.2. The molecule has 0 N–H and O–H groups in total. The second-order valence-corrected chi connectivity index (χ2v) is 29.0. The average Bonchev–Trinajstić information content (AvgIpc) is 1.50. The number of benzene rings is 16. The van der Waals surface area contributed by atoms with Gasteiger partial charge in [0.15, 0.2) is 11.6 Å². The lowest BCUT2D eigenvalue weighted by molar-refractivity contribution is 0.436. The molecule has 512 valence electrons. The van der Waals surface area contributed by atoms with E-state index in [0.717, 1.165) is 151 Å². The number of para-hydroxylation sites is 2. The Balaban J connectivity index is 0.632. The predicted octanol–water partition coefficient (Wildman–Crippen LogP) is 26.0. The molecular formula is C104H64N4O2. The number of ether oxygens (including phenoxy) is 2. The third kappa shape index (κ3) is 9.76. The van der Waals surface area contributed by atoms with Gasteiger partial charge in [-0.2, -0.15) is 0 Å². The lowest BCUT2D eigenvalue weighted by Gasteiger charge is -2.39. The maximum atomic E-state index is 7.07. The highest BCUT2D eigenvalue weighted by molar-refractivity contribution is 5.99. The van der Waals surface area contributed by atoms with Crippen molar-refractivity contribution in [3.05, 3.63) is 433 Å². The van der Waals surface area contributed by atoms with Crippen molar-refractivity contribution in [2.75, 3.05) is 0 Å². The average molecular weight is 1400 g/mol. The molecule has 110 heavy (non-hydrogen) atoms. The Morgan fingerprint density at radius 1 is 0.173 bits per heavy atom. The normalized spacial score (nSPS) is 14.1. The van der Waals surface area contributed by atoms with Crippen molar-refractivity contribution in [2.24, 2.45) is 0 Å². The van der Waals surface area contributed by atoms with E-state index < -0.39 is 10.8 Å². The van der Waals surface area contributed by atoms with Crippen molar-refractivity contribution in [3.8, 4) is 158 Å². The van der Waals surface area contributed by atoms with Crippen LogP contribution in [-0.2, 0) is 10.8 Å². The molecule has 0 radical (unpaired) electrons. The van der Waals surface area contributed by atoms with E-state index >= 15 is 0 Å². The number of fused-ring (bicyclic) bond motifs is 19. The van der Waals surface area contributed by atoms with Gasteiger partial charge in [-0.15, -0.1) is 0 Å². The Hall–Kier alpha value is -14.5. The van der Waals surface area contributed by atoms with Gasteiger partial charge in [-0.25, -0.2) is 19.9 Å². The molecule has 18 aromatic rings. The zero-order valence-corrected chi connectivity index (χ0v) is 59.6. The second kappa shape index (κ2) is 25.1. The third-order valence-corrected chi connectivity index (χ3v) is 23.1. The second-order valence-electron chi connectivity index (χ2n) is 29.0. The third-order valence-electron chi connectivity index (χ3n) is 23.1. The molecule has 22 rings (SSSR count). The molecule has 0 saturated heterocycles. The smallest absolute Gasteiger partial charge is 0.161 e. The topological polar surface area (TPSA) is 70.0 Å². The summed E-state index contributed by atoms with van der Waals surface area (Å²) < 4.78 is 13.9. The van der Waals surface area contributed by atoms with Crippen LogP contribution in [-0.4, -0.2) is 19.9 Å². The van der Waals surface area contributed by atoms with Crippen LogP contribution in [0.5, 0.6) is 23.0 Å². The molecule has 0 saturated carbocycles. The van der Waals surface area contributed by atoms with Crippen LogP contribution in [0.15, 0.2) is 388 Å². The van der Waals surface area contributed by atoms with E-state index in [1.54, 1.807) is 0 Å². The van der Waals surface area contributed by atoms with Crippen LogP contribution < -0.4 is 9.47 Å². The monoisotopic (exact) mass is 1400 g/mol. The minimum absolute atomic E-state index is 0.611. The molecule has 0 bridgehead atoms. The van der Waals surface area contributed by atoms with E-state index in [1.165, 1.54) is 49.9 Å². The first-order valence-electron chi connectivity index (χ1n) is 37.6. The lowest BCUT2D eigenvalue weighted by atomic mass is 9.65. The highest BCUT2D eigenvalue weighted by Crippen LogP contribution is 2.65. The highest BCUT2D eigenvalue weighted by atomic mass is 16.5. The zero-order chi connectivity index (χ0) is 72.4. The summed E-state index contributed by atoms with van der Waals surface area (Å²) in [5.74, 6) is 4.64. The van der Waals surface area contributed by atoms with Gasteiger partial charge in [-0.05, 0) is 160 Å². The van der Waals surface area contributed by atoms with Gasteiger partial charge in [-0.3, -0.25) is 0 Å². The highest BCUT2D eigenvalue weighted by Gasteiger charge is 2.53. The molecule has 1 atom stereocenters. The van der Waals surface area contributed by atoms with E-state index in [1.807, 2.05) is 6.07 Å². The van der Waals surface area contributed by atoms with Crippen LogP contribution in [0.4, 0.5) is 0 Å². The lowest BCUT2D eigenvalue weighted by Crippen LogP contribution is -2.32.